The van der Waals surface area contributed by atoms with Gasteiger partial charge in [0.25, 0.3) is 5.78 Å². The first-order valence-electron chi connectivity index (χ1n) is 4.54. The molecule has 98 valence electrons. The summed E-state index contributed by atoms with van der Waals surface area (Å²) in [5.74, 6) is -3.57. The van der Waals surface area contributed by atoms with Crippen LogP contribution in [-0.2, 0) is 4.79 Å². The van der Waals surface area contributed by atoms with Crippen molar-refractivity contribution in [1.29, 1.82) is 0 Å². The van der Waals surface area contributed by atoms with E-state index >= 15 is 0 Å². The molecule has 4 nitrogen and oxygen atoms in total. The van der Waals surface area contributed by atoms with Gasteiger partial charge in [-0.15, -0.1) is 0 Å². The van der Waals surface area contributed by atoms with Gasteiger partial charge in [-0.3, -0.25) is 4.79 Å². The van der Waals surface area contributed by atoms with Gasteiger partial charge < -0.3 is 10.8 Å². The van der Waals surface area contributed by atoms with E-state index in [9.17, 15) is 22.8 Å². The quantitative estimate of drug-likeness (QED) is 0.890. The molecule has 1 aromatic carbocycles. The lowest BCUT2D eigenvalue weighted by molar-refractivity contribution is -0.172. The lowest BCUT2D eigenvalue weighted by Gasteiger charge is -2.14. The number of Topliss-reactive ketones (excluding diaryl/α,β-unsaturated/α-hetero) is 1. The smallest absolute Gasteiger partial charge is 0.452 e. The van der Waals surface area contributed by atoms with E-state index in [4.69, 9.17) is 22.4 Å². The van der Waals surface area contributed by atoms with Crippen LogP contribution < -0.4 is 5.73 Å². The van der Waals surface area contributed by atoms with Gasteiger partial charge in [-0.2, -0.15) is 13.2 Å². The van der Waals surface area contributed by atoms with Crippen LogP contribution in [0.1, 0.15) is 22.0 Å². The van der Waals surface area contributed by atoms with E-state index in [0.717, 1.165) is 18.2 Å². The topological polar surface area (TPSA) is 80.4 Å². The first-order valence-corrected chi connectivity index (χ1v) is 4.91. The van der Waals surface area contributed by atoms with E-state index in [1.54, 1.807) is 0 Å². The minimum atomic E-state index is -5.08. The molecule has 3 N–H and O–H groups in total. The number of hydrogen-bond acceptors (Lipinski definition) is 3. The third kappa shape index (κ3) is 2.99. The van der Waals surface area contributed by atoms with Gasteiger partial charge in [-0.05, 0) is 17.7 Å². The van der Waals surface area contributed by atoms with Crippen molar-refractivity contribution in [2.45, 2.75) is 12.2 Å². The Kier molecular flexibility index (Phi) is 3.98. The number of rotatable bonds is 3. The molecule has 0 fully saturated rings. The van der Waals surface area contributed by atoms with Crippen molar-refractivity contribution in [2.75, 3.05) is 0 Å². The van der Waals surface area contributed by atoms with Crippen LogP contribution in [0.25, 0.3) is 0 Å². The molecular formula is C10H7ClF3NO3. The van der Waals surface area contributed by atoms with Crippen molar-refractivity contribution in [3.05, 3.63) is 34.3 Å². The number of halogens is 4. The van der Waals surface area contributed by atoms with Crippen molar-refractivity contribution in [2.24, 2.45) is 5.73 Å². The second-order valence-corrected chi connectivity index (χ2v) is 3.79. The Morgan fingerprint density at radius 2 is 1.89 bits per heavy atom. The molecule has 0 radical (unpaired) electrons. The molecule has 0 bridgehead atoms. The Morgan fingerprint density at radius 3 is 2.33 bits per heavy atom. The summed E-state index contributed by atoms with van der Waals surface area (Å²) >= 11 is 5.54. The average molecular weight is 282 g/mol. The zero-order chi connectivity index (χ0) is 14.1. The Bertz CT molecular complexity index is 502. The van der Waals surface area contributed by atoms with Crippen LogP contribution in [0.3, 0.4) is 0 Å². The molecule has 1 atom stereocenters. The highest BCUT2D eigenvalue weighted by Gasteiger charge is 2.42. The molecule has 0 aliphatic carbocycles. The van der Waals surface area contributed by atoms with Gasteiger partial charge in [-0.1, -0.05) is 17.7 Å². The van der Waals surface area contributed by atoms with Crippen LogP contribution in [0.2, 0.25) is 5.02 Å². The molecule has 1 unspecified atom stereocenters. The number of benzene rings is 1. The van der Waals surface area contributed by atoms with E-state index in [2.05, 4.69) is 0 Å². The predicted octanol–water partition coefficient (Wildman–Crippen LogP) is 2.17. The molecule has 8 heteroatoms. The lowest BCUT2D eigenvalue weighted by Crippen LogP contribution is -2.34. The third-order valence-corrected chi connectivity index (χ3v) is 2.47. The summed E-state index contributed by atoms with van der Waals surface area (Å²) in [6, 6.07) is 1.02. The van der Waals surface area contributed by atoms with E-state index in [1.165, 1.54) is 0 Å². The molecule has 0 saturated heterocycles. The molecule has 0 spiro atoms. The molecule has 0 saturated carbocycles. The zero-order valence-electron chi connectivity index (χ0n) is 8.66. The Balaban J connectivity index is 3.15. The Hall–Kier alpha value is -1.60. The summed E-state index contributed by atoms with van der Waals surface area (Å²) in [7, 11) is 0. The maximum atomic E-state index is 12.2. The maximum Gasteiger partial charge on any atom is 0.452 e. The second-order valence-electron chi connectivity index (χ2n) is 3.38. The normalized spacial score (nSPS) is 13.2. The summed E-state index contributed by atoms with van der Waals surface area (Å²) < 4.78 is 36.5. The van der Waals surface area contributed by atoms with Crippen LogP contribution in [0.15, 0.2) is 18.2 Å². The van der Waals surface area contributed by atoms with E-state index in [1.807, 2.05) is 0 Å². The van der Waals surface area contributed by atoms with Crippen LogP contribution in [0, 0.1) is 0 Å². The van der Waals surface area contributed by atoms with E-state index in [0.29, 0.717) is 0 Å². The number of ketones is 1. The fourth-order valence-corrected chi connectivity index (χ4v) is 1.43. The first-order chi connectivity index (χ1) is 8.14. The Labute approximate surface area is 104 Å². The summed E-state index contributed by atoms with van der Waals surface area (Å²) in [5, 5.41) is 8.58. The van der Waals surface area contributed by atoms with Crippen LogP contribution in [0.5, 0.6) is 0 Å². The van der Waals surface area contributed by atoms with E-state index in [-0.39, 0.29) is 10.6 Å². The molecule has 1 aromatic rings. The maximum absolute atomic E-state index is 12.2. The zero-order valence-corrected chi connectivity index (χ0v) is 9.42. The summed E-state index contributed by atoms with van der Waals surface area (Å²) in [6.45, 7) is 0. The number of carbonyl (C=O) groups excluding carboxylic acids is 1. The second kappa shape index (κ2) is 4.95. The minimum absolute atomic E-state index is 0.155. The van der Waals surface area contributed by atoms with Gasteiger partial charge in [0.1, 0.15) is 0 Å². The van der Waals surface area contributed by atoms with Gasteiger partial charge in [0.05, 0.1) is 16.6 Å². The number of alkyl halides is 3. The largest absolute Gasteiger partial charge is 0.478 e. The number of carboxylic acid groups (broad SMARTS) is 1. The van der Waals surface area contributed by atoms with Crippen LogP contribution in [0.4, 0.5) is 13.2 Å². The van der Waals surface area contributed by atoms with Gasteiger partial charge in [0.2, 0.25) is 0 Å². The fourth-order valence-electron chi connectivity index (χ4n) is 1.23. The van der Waals surface area contributed by atoms with Crippen molar-refractivity contribution < 1.29 is 27.9 Å². The monoisotopic (exact) mass is 281 g/mol. The highest BCUT2D eigenvalue weighted by molar-refractivity contribution is 6.33. The molecule has 0 aliphatic rings. The number of nitrogens with two attached hydrogens (primary N) is 1. The van der Waals surface area contributed by atoms with Crippen molar-refractivity contribution >= 4 is 23.4 Å². The van der Waals surface area contributed by atoms with E-state index < -0.39 is 29.5 Å². The lowest BCUT2D eigenvalue weighted by atomic mass is 10.0. The van der Waals surface area contributed by atoms with Crippen LogP contribution in [-0.4, -0.2) is 23.0 Å². The van der Waals surface area contributed by atoms with Crippen LogP contribution >= 0.6 is 11.6 Å². The summed E-state index contributed by atoms with van der Waals surface area (Å²) in [5.41, 5.74) is 4.46. The van der Waals surface area contributed by atoms with Gasteiger partial charge in [0, 0.05) is 0 Å². The van der Waals surface area contributed by atoms with Crippen molar-refractivity contribution in [3.63, 3.8) is 0 Å². The summed E-state index contributed by atoms with van der Waals surface area (Å²) in [4.78, 5) is 21.6. The Morgan fingerprint density at radius 1 is 1.33 bits per heavy atom. The molecule has 0 amide bonds. The molecule has 0 aromatic heterocycles. The SMILES string of the molecule is NC(C(=O)C(F)(F)F)c1ccc(Cl)c(C(=O)O)c1. The number of hydrogen-bond donors (Lipinski definition) is 2. The van der Waals surface area contributed by atoms with Gasteiger partial charge in [0.15, 0.2) is 0 Å². The molecule has 0 aliphatic heterocycles. The third-order valence-electron chi connectivity index (χ3n) is 2.14. The highest BCUT2D eigenvalue weighted by atomic mass is 35.5. The number of carboxylic acids is 1. The fraction of sp³-hybridized carbons (Fsp3) is 0.200. The molecule has 18 heavy (non-hydrogen) atoms. The molecule has 0 heterocycles. The average Bonchev–Trinajstić information content (AvgIpc) is 2.26. The van der Waals surface area contributed by atoms with Gasteiger partial charge >= 0.3 is 12.1 Å². The minimum Gasteiger partial charge on any atom is -0.478 e. The highest BCUT2D eigenvalue weighted by Crippen LogP contribution is 2.26. The predicted molar refractivity (Wildman–Crippen MR) is 56.4 cm³/mol. The van der Waals surface area contributed by atoms with Crippen molar-refractivity contribution in [3.8, 4) is 0 Å². The number of carbonyl (C=O) groups is 2. The van der Waals surface area contributed by atoms with Gasteiger partial charge in [-0.25, -0.2) is 4.79 Å². The van der Waals surface area contributed by atoms with Crippen molar-refractivity contribution in [1.82, 2.24) is 0 Å². The molecule has 1 rings (SSSR count). The number of aromatic carboxylic acids is 1. The summed E-state index contributed by atoms with van der Waals surface area (Å²) in [6.07, 6.45) is -5.08. The standard InChI is InChI=1S/C10H7ClF3NO3/c11-6-2-1-4(3-5(6)9(17)18)7(15)8(16)10(12,13)14/h1-3,7H,15H2,(H,17,18). The molecular weight excluding hydrogens is 275 g/mol. The first kappa shape index (κ1) is 14.5.